The number of nitrogens with two attached hydrogens (primary N) is 2. The van der Waals surface area contributed by atoms with E-state index in [0.717, 1.165) is 103 Å². The summed E-state index contributed by atoms with van der Waals surface area (Å²) in [5.74, 6) is 0. The third-order valence-corrected chi connectivity index (χ3v) is 8.14. The molecule has 5 nitrogen and oxygen atoms in total. The highest BCUT2D eigenvalue weighted by Gasteiger charge is 2.54. The standard InChI is InChI=1S/C30H66N4O/c1-9-17-29(18-10-2,30(32,19-11-3)20-12-4)28(31)27(34(23-15-7)24-16-8)26(35)25-33(21-13-5)22-14-6/h26-28,35H,9-25,31-32H2,1-8H3. The number of hydrogen-bond acceptors (Lipinski definition) is 5. The number of aliphatic hydroxyl groups excluding tert-OH is 1. The third kappa shape index (κ3) is 9.89. The molecule has 3 unspecified atom stereocenters. The minimum absolute atomic E-state index is 0.0825. The quantitative estimate of drug-likeness (QED) is 0.157. The van der Waals surface area contributed by atoms with Gasteiger partial charge in [-0.1, -0.05) is 81.1 Å². The number of rotatable bonds is 23. The second kappa shape index (κ2) is 19.0. The van der Waals surface area contributed by atoms with Crippen LogP contribution in [-0.4, -0.2) is 71.4 Å². The average molecular weight is 499 g/mol. The van der Waals surface area contributed by atoms with Crippen molar-refractivity contribution >= 4 is 0 Å². The Morgan fingerprint density at radius 3 is 1.37 bits per heavy atom. The van der Waals surface area contributed by atoms with E-state index in [2.05, 4.69) is 65.2 Å². The van der Waals surface area contributed by atoms with E-state index >= 15 is 0 Å². The monoisotopic (exact) mass is 499 g/mol. The van der Waals surface area contributed by atoms with Crippen LogP contribution in [0.2, 0.25) is 0 Å². The van der Waals surface area contributed by atoms with Crippen LogP contribution in [0.25, 0.3) is 0 Å². The van der Waals surface area contributed by atoms with E-state index < -0.39 is 6.10 Å². The molecule has 0 aromatic heterocycles. The maximum absolute atomic E-state index is 11.9. The molecule has 3 atom stereocenters. The molecule has 0 aliphatic rings. The molecule has 0 radical (unpaired) electrons. The predicted molar refractivity (Wildman–Crippen MR) is 156 cm³/mol. The SMILES string of the molecule is CCCN(CCC)CC(O)C(C(N)C(CCC)(CCC)C(N)(CCC)CCC)N(CCC)CCC. The van der Waals surface area contributed by atoms with Crippen molar-refractivity contribution in [3.05, 3.63) is 0 Å². The summed E-state index contributed by atoms with van der Waals surface area (Å²) >= 11 is 0. The number of aliphatic hydroxyl groups is 1. The molecule has 0 aromatic carbocycles. The highest BCUT2D eigenvalue weighted by Crippen LogP contribution is 2.48. The molecule has 0 saturated carbocycles. The van der Waals surface area contributed by atoms with Crippen molar-refractivity contribution in [3.8, 4) is 0 Å². The molecular weight excluding hydrogens is 432 g/mol. The van der Waals surface area contributed by atoms with Gasteiger partial charge < -0.3 is 21.5 Å². The van der Waals surface area contributed by atoms with Gasteiger partial charge in [-0.2, -0.15) is 0 Å². The Hall–Kier alpha value is -0.200. The van der Waals surface area contributed by atoms with Crippen molar-refractivity contribution in [2.45, 2.75) is 156 Å². The highest BCUT2D eigenvalue weighted by atomic mass is 16.3. The van der Waals surface area contributed by atoms with Crippen LogP contribution in [0.15, 0.2) is 0 Å². The summed E-state index contributed by atoms with van der Waals surface area (Å²) in [6.07, 6.45) is 12.2. The van der Waals surface area contributed by atoms with E-state index in [9.17, 15) is 5.11 Å². The number of nitrogens with zero attached hydrogens (tertiary/aromatic N) is 2. The molecule has 5 N–H and O–H groups in total. The molecule has 5 heteroatoms. The fourth-order valence-corrected chi connectivity index (χ4v) is 7.02. The number of hydrogen-bond donors (Lipinski definition) is 3. The lowest BCUT2D eigenvalue weighted by atomic mass is 9.56. The molecule has 0 bridgehead atoms. The fourth-order valence-electron chi connectivity index (χ4n) is 7.02. The predicted octanol–water partition coefficient (Wildman–Crippen LogP) is 6.17. The molecule has 35 heavy (non-hydrogen) atoms. The van der Waals surface area contributed by atoms with Gasteiger partial charge in [0.25, 0.3) is 0 Å². The van der Waals surface area contributed by atoms with Gasteiger partial charge in [-0.25, -0.2) is 0 Å². The first-order valence-electron chi connectivity index (χ1n) is 15.4. The van der Waals surface area contributed by atoms with Crippen LogP contribution >= 0.6 is 0 Å². The maximum Gasteiger partial charge on any atom is 0.0837 e. The zero-order valence-corrected chi connectivity index (χ0v) is 25.2. The Kier molecular flexibility index (Phi) is 18.8. The van der Waals surface area contributed by atoms with E-state index in [4.69, 9.17) is 11.5 Å². The molecule has 212 valence electrons. The van der Waals surface area contributed by atoms with Crippen molar-refractivity contribution in [1.82, 2.24) is 9.80 Å². The highest BCUT2D eigenvalue weighted by molar-refractivity contribution is 5.11. The van der Waals surface area contributed by atoms with Gasteiger partial charge in [-0.15, -0.1) is 0 Å². The van der Waals surface area contributed by atoms with Crippen molar-refractivity contribution < 1.29 is 5.11 Å². The topological polar surface area (TPSA) is 78.7 Å². The molecular formula is C30H66N4O. The molecule has 0 aliphatic carbocycles. The third-order valence-electron chi connectivity index (χ3n) is 8.14. The zero-order valence-electron chi connectivity index (χ0n) is 25.2. The van der Waals surface area contributed by atoms with Gasteiger partial charge in [0.1, 0.15) is 0 Å². The minimum atomic E-state index is -0.484. The second-order valence-electron chi connectivity index (χ2n) is 11.2. The first-order valence-corrected chi connectivity index (χ1v) is 15.4. The molecule has 0 amide bonds. The summed E-state index contributed by atoms with van der Waals surface area (Å²) in [6, 6.07) is -0.246. The van der Waals surface area contributed by atoms with Crippen LogP contribution in [0, 0.1) is 5.41 Å². The molecule has 0 rings (SSSR count). The molecule has 0 heterocycles. The van der Waals surface area contributed by atoms with Crippen LogP contribution in [0.5, 0.6) is 0 Å². The summed E-state index contributed by atoms with van der Waals surface area (Å²) < 4.78 is 0. The lowest BCUT2D eigenvalue weighted by Crippen LogP contribution is -2.70. The van der Waals surface area contributed by atoms with Crippen LogP contribution in [-0.2, 0) is 0 Å². The van der Waals surface area contributed by atoms with Crippen LogP contribution in [0.4, 0.5) is 0 Å². The van der Waals surface area contributed by atoms with Gasteiger partial charge in [0, 0.05) is 23.5 Å². The van der Waals surface area contributed by atoms with Gasteiger partial charge in [-0.05, 0) is 77.5 Å². The largest absolute Gasteiger partial charge is 0.390 e. The molecule has 0 fully saturated rings. The fraction of sp³-hybridized carbons (Fsp3) is 1.00. The lowest BCUT2D eigenvalue weighted by Gasteiger charge is -2.56. The van der Waals surface area contributed by atoms with Gasteiger partial charge in [0.05, 0.1) is 12.1 Å². The summed E-state index contributed by atoms with van der Waals surface area (Å²) in [5, 5.41) is 11.9. The van der Waals surface area contributed by atoms with Crippen LogP contribution in [0.3, 0.4) is 0 Å². The average Bonchev–Trinajstić information content (AvgIpc) is 2.79. The first kappa shape index (κ1) is 34.8. The Morgan fingerprint density at radius 2 is 1.03 bits per heavy atom. The lowest BCUT2D eigenvalue weighted by molar-refractivity contribution is -0.0488. The normalized spacial score (nSPS) is 15.7. The Balaban J connectivity index is 6.72. The van der Waals surface area contributed by atoms with Gasteiger partial charge in [-0.3, -0.25) is 4.90 Å². The van der Waals surface area contributed by atoms with Crippen LogP contribution < -0.4 is 11.5 Å². The maximum atomic E-state index is 11.9. The smallest absolute Gasteiger partial charge is 0.0837 e. The van der Waals surface area contributed by atoms with Gasteiger partial charge in [0.2, 0.25) is 0 Å². The van der Waals surface area contributed by atoms with E-state index in [0.29, 0.717) is 6.54 Å². The van der Waals surface area contributed by atoms with Crippen molar-refractivity contribution in [2.75, 3.05) is 32.7 Å². The summed E-state index contributed by atoms with van der Waals surface area (Å²) in [6.45, 7) is 22.7. The molecule has 0 saturated heterocycles. The second-order valence-corrected chi connectivity index (χ2v) is 11.2. The minimum Gasteiger partial charge on any atom is -0.390 e. The Labute approximate surface area is 220 Å². The molecule has 0 spiro atoms. The van der Waals surface area contributed by atoms with Crippen molar-refractivity contribution in [1.29, 1.82) is 0 Å². The zero-order chi connectivity index (χ0) is 26.9. The van der Waals surface area contributed by atoms with Gasteiger partial charge >= 0.3 is 0 Å². The Bertz CT molecular complexity index is 477. The van der Waals surface area contributed by atoms with E-state index in [-0.39, 0.29) is 23.0 Å². The van der Waals surface area contributed by atoms with Gasteiger partial charge in [0.15, 0.2) is 0 Å². The van der Waals surface area contributed by atoms with E-state index in [1.165, 1.54) is 0 Å². The summed E-state index contributed by atoms with van der Waals surface area (Å²) in [7, 11) is 0. The van der Waals surface area contributed by atoms with E-state index in [1.807, 2.05) is 0 Å². The van der Waals surface area contributed by atoms with E-state index in [1.54, 1.807) is 0 Å². The Morgan fingerprint density at radius 1 is 0.629 bits per heavy atom. The van der Waals surface area contributed by atoms with Crippen molar-refractivity contribution in [3.63, 3.8) is 0 Å². The molecule has 0 aromatic rings. The van der Waals surface area contributed by atoms with Crippen LogP contribution in [0.1, 0.15) is 132 Å². The summed E-state index contributed by atoms with van der Waals surface area (Å²) in [4.78, 5) is 4.96. The van der Waals surface area contributed by atoms with Crippen molar-refractivity contribution in [2.24, 2.45) is 16.9 Å². The first-order chi connectivity index (χ1) is 16.7. The summed E-state index contributed by atoms with van der Waals surface area (Å²) in [5.41, 5.74) is 14.5. The molecule has 0 aliphatic heterocycles.